The van der Waals surface area contributed by atoms with E-state index in [-0.39, 0.29) is 0 Å². The van der Waals surface area contributed by atoms with Gasteiger partial charge in [0.1, 0.15) is 0 Å². The van der Waals surface area contributed by atoms with Crippen LogP contribution in [0.3, 0.4) is 0 Å². The van der Waals surface area contributed by atoms with Gasteiger partial charge in [0, 0.05) is 0 Å². The molecule has 1 aromatic rings. The zero-order chi connectivity index (χ0) is 10.8. The number of phosphoric ester groups is 1. The Kier molecular flexibility index (Phi) is 3.12. The monoisotopic (exact) mass is 216 g/mol. The molecular formula is C9H13O4P. The Morgan fingerprint density at radius 3 is 2.14 bits per heavy atom. The van der Waals surface area contributed by atoms with Gasteiger partial charge in [-0.3, -0.25) is 4.52 Å². The molecule has 2 N–H and O–H groups in total. The zero-order valence-corrected chi connectivity index (χ0v) is 8.94. The third-order valence-corrected chi connectivity index (χ3v) is 2.51. The van der Waals surface area contributed by atoms with Crippen molar-refractivity contribution in [2.24, 2.45) is 0 Å². The first-order valence-corrected chi connectivity index (χ1v) is 5.66. The van der Waals surface area contributed by atoms with Crippen molar-refractivity contribution < 1.29 is 18.9 Å². The molecule has 0 aromatic heterocycles. The van der Waals surface area contributed by atoms with E-state index in [1.54, 1.807) is 38.1 Å². The number of phosphoric acid groups is 1. The molecular weight excluding hydrogens is 203 g/mol. The number of rotatable bonds is 3. The summed E-state index contributed by atoms with van der Waals surface area (Å²) in [6.07, 6.45) is 0. The van der Waals surface area contributed by atoms with Crippen LogP contribution in [0.5, 0.6) is 0 Å². The van der Waals surface area contributed by atoms with E-state index in [0.29, 0.717) is 0 Å². The van der Waals surface area contributed by atoms with Gasteiger partial charge in [0.2, 0.25) is 0 Å². The van der Waals surface area contributed by atoms with Crippen molar-refractivity contribution in [3.05, 3.63) is 35.9 Å². The second kappa shape index (κ2) is 3.83. The summed E-state index contributed by atoms with van der Waals surface area (Å²) in [5.74, 6) is 0. The molecule has 0 aliphatic rings. The van der Waals surface area contributed by atoms with E-state index in [0.717, 1.165) is 5.56 Å². The van der Waals surface area contributed by atoms with E-state index in [1.807, 2.05) is 6.07 Å². The van der Waals surface area contributed by atoms with Crippen LogP contribution >= 0.6 is 7.82 Å². The van der Waals surface area contributed by atoms with Crippen molar-refractivity contribution >= 4 is 7.82 Å². The summed E-state index contributed by atoms with van der Waals surface area (Å²) in [5.41, 5.74) is -0.261. The molecule has 0 aliphatic carbocycles. The highest BCUT2D eigenvalue weighted by Gasteiger charge is 2.30. The molecule has 0 saturated heterocycles. The summed E-state index contributed by atoms with van der Waals surface area (Å²) < 4.78 is 15.4. The lowest BCUT2D eigenvalue weighted by Gasteiger charge is -2.25. The average Bonchev–Trinajstić information content (AvgIpc) is 2.01. The molecule has 1 aromatic carbocycles. The van der Waals surface area contributed by atoms with Crippen LogP contribution in [0.2, 0.25) is 0 Å². The summed E-state index contributed by atoms with van der Waals surface area (Å²) in [4.78, 5) is 17.4. The summed E-state index contributed by atoms with van der Waals surface area (Å²) in [5, 5.41) is 0. The van der Waals surface area contributed by atoms with Gasteiger partial charge in [-0.1, -0.05) is 30.3 Å². The molecule has 0 radical (unpaired) electrons. The van der Waals surface area contributed by atoms with Crippen molar-refractivity contribution in [1.29, 1.82) is 0 Å². The van der Waals surface area contributed by atoms with Crippen LogP contribution in [0.15, 0.2) is 30.3 Å². The average molecular weight is 216 g/mol. The Bertz CT molecular complexity index is 341. The highest BCUT2D eigenvalue weighted by molar-refractivity contribution is 7.46. The fraction of sp³-hybridized carbons (Fsp3) is 0.333. The van der Waals surface area contributed by atoms with E-state index in [1.165, 1.54) is 0 Å². The Labute approximate surface area is 82.8 Å². The Hall–Kier alpha value is -0.670. The molecule has 4 nitrogen and oxygen atoms in total. The minimum atomic E-state index is -4.45. The van der Waals surface area contributed by atoms with Crippen LogP contribution in [0.1, 0.15) is 19.4 Å². The van der Waals surface area contributed by atoms with Crippen molar-refractivity contribution in [2.45, 2.75) is 19.4 Å². The predicted molar refractivity (Wildman–Crippen MR) is 52.6 cm³/mol. The van der Waals surface area contributed by atoms with Crippen LogP contribution in [-0.4, -0.2) is 9.79 Å². The van der Waals surface area contributed by atoms with E-state index in [9.17, 15) is 4.57 Å². The number of hydrogen-bond acceptors (Lipinski definition) is 2. The first kappa shape index (κ1) is 11.4. The van der Waals surface area contributed by atoms with Crippen molar-refractivity contribution in [3.63, 3.8) is 0 Å². The van der Waals surface area contributed by atoms with Gasteiger partial charge in [-0.25, -0.2) is 4.57 Å². The fourth-order valence-corrected chi connectivity index (χ4v) is 1.89. The molecule has 0 saturated carbocycles. The maximum atomic E-state index is 10.7. The lowest BCUT2D eigenvalue weighted by molar-refractivity contribution is 0.0632. The molecule has 0 atom stereocenters. The maximum absolute atomic E-state index is 10.7. The second-order valence-corrected chi connectivity index (χ2v) is 4.62. The van der Waals surface area contributed by atoms with Crippen molar-refractivity contribution in [3.8, 4) is 0 Å². The lowest BCUT2D eigenvalue weighted by atomic mass is 9.99. The van der Waals surface area contributed by atoms with Gasteiger partial charge in [0.25, 0.3) is 0 Å². The lowest BCUT2D eigenvalue weighted by Crippen LogP contribution is -2.19. The standard InChI is InChI=1S/C9H13O4P/c1-9(2,13-14(10,11)12)8-6-4-3-5-7-8/h3-7H,1-2H3,(H2,10,11,12). The summed E-state index contributed by atoms with van der Waals surface area (Å²) in [6, 6.07) is 8.93. The Balaban J connectivity index is 2.92. The molecule has 14 heavy (non-hydrogen) atoms. The normalized spacial score (nSPS) is 12.9. The third kappa shape index (κ3) is 3.24. The SMILES string of the molecule is CC(C)(OP(=O)(O)O)c1ccccc1. The molecule has 0 amide bonds. The van der Waals surface area contributed by atoms with E-state index in [4.69, 9.17) is 9.79 Å². The minimum Gasteiger partial charge on any atom is -0.303 e. The van der Waals surface area contributed by atoms with E-state index in [2.05, 4.69) is 4.52 Å². The van der Waals surface area contributed by atoms with E-state index >= 15 is 0 Å². The Morgan fingerprint density at radius 1 is 1.21 bits per heavy atom. The molecule has 0 spiro atoms. The van der Waals surface area contributed by atoms with E-state index < -0.39 is 13.4 Å². The number of hydrogen-bond donors (Lipinski definition) is 2. The topological polar surface area (TPSA) is 66.8 Å². The van der Waals surface area contributed by atoms with Gasteiger partial charge in [-0.15, -0.1) is 0 Å². The summed E-state index contributed by atoms with van der Waals surface area (Å²) >= 11 is 0. The smallest absolute Gasteiger partial charge is 0.303 e. The van der Waals surface area contributed by atoms with Crippen molar-refractivity contribution in [1.82, 2.24) is 0 Å². The van der Waals surface area contributed by atoms with Crippen molar-refractivity contribution in [2.75, 3.05) is 0 Å². The Morgan fingerprint density at radius 2 is 1.71 bits per heavy atom. The van der Waals surface area contributed by atoms with Crippen LogP contribution in [0, 0.1) is 0 Å². The second-order valence-electron chi connectivity index (χ2n) is 3.46. The molecule has 0 unspecified atom stereocenters. The predicted octanol–water partition coefficient (Wildman–Crippen LogP) is 2.03. The van der Waals surface area contributed by atoms with Gasteiger partial charge in [-0.2, -0.15) is 0 Å². The van der Waals surface area contributed by atoms with Gasteiger partial charge < -0.3 is 9.79 Å². The van der Waals surface area contributed by atoms with Gasteiger partial charge in [0.05, 0.1) is 5.60 Å². The molecule has 78 valence electrons. The minimum absolute atomic E-state index is 0.725. The summed E-state index contributed by atoms with van der Waals surface area (Å²) in [7, 11) is -4.45. The van der Waals surface area contributed by atoms with Crippen LogP contribution in [0.25, 0.3) is 0 Å². The van der Waals surface area contributed by atoms with Crippen LogP contribution in [-0.2, 0) is 14.7 Å². The van der Waals surface area contributed by atoms with Gasteiger partial charge in [-0.05, 0) is 19.4 Å². The first-order chi connectivity index (χ1) is 6.31. The van der Waals surface area contributed by atoms with Gasteiger partial charge >= 0.3 is 7.82 Å². The van der Waals surface area contributed by atoms with Crippen LogP contribution < -0.4 is 0 Å². The number of benzene rings is 1. The van der Waals surface area contributed by atoms with Gasteiger partial charge in [0.15, 0.2) is 0 Å². The molecule has 0 fully saturated rings. The molecule has 5 heteroatoms. The maximum Gasteiger partial charge on any atom is 0.470 e. The van der Waals surface area contributed by atoms with Crippen LogP contribution in [0.4, 0.5) is 0 Å². The fourth-order valence-electron chi connectivity index (χ4n) is 1.19. The zero-order valence-electron chi connectivity index (χ0n) is 8.04. The highest BCUT2D eigenvalue weighted by Crippen LogP contribution is 2.44. The third-order valence-electron chi connectivity index (χ3n) is 1.82. The highest BCUT2D eigenvalue weighted by atomic mass is 31.2. The molecule has 0 bridgehead atoms. The molecule has 0 aliphatic heterocycles. The summed E-state index contributed by atoms with van der Waals surface area (Å²) in [6.45, 7) is 3.23. The first-order valence-electron chi connectivity index (χ1n) is 4.13. The molecule has 0 heterocycles. The quantitative estimate of drug-likeness (QED) is 0.758. The molecule has 1 rings (SSSR count). The largest absolute Gasteiger partial charge is 0.470 e.